The number of ether oxygens (including phenoxy) is 1. The molecule has 0 fully saturated rings. The van der Waals surface area contributed by atoms with Gasteiger partial charge in [-0.15, -0.1) is 0 Å². The van der Waals surface area contributed by atoms with E-state index in [1.54, 1.807) is 45.0 Å². The van der Waals surface area contributed by atoms with E-state index in [2.05, 4.69) is 16.1 Å². The molecule has 0 aliphatic heterocycles. The van der Waals surface area contributed by atoms with Crippen molar-refractivity contribution in [1.82, 2.24) is 4.57 Å². The number of hydrogen-bond acceptors (Lipinski definition) is 3. The standard InChI is InChI=1S/C14H15BrN2O4/c1-14(2,3)21-13(20)17(15)11-8-16(12(18)19)10-7-5-4-6-9(10)11/h4-8H,1-3H3,(H,18,19). The molecule has 21 heavy (non-hydrogen) atoms. The second-order valence-corrected chi connectivity index (χ2v) is 6.15. The highest BCUT2D eigenvalue weighted by molar-refractivity contribution is 9.10. The number of carboxylic acid groups (broad SMARTS) is 1. The number of rotatable bonds is 1. The molecule has 0 aliphatic carbocycles. The molecule has 0 unspecified atom stereocenters. The molecule has 1 aromatic heterocycles. The van der Waals surface area contributed by atoms with Crippen LogP contribution in [0.4, 0.5) is 15.3 Å². The number of carbonyl (C=O) groups is 2. The van der Waals surface area contributed by atoms with Gasteiger partial charge < -0.3 is 9.84 Å². The third-order valence-corrected chi connectivity index (χ3v) is 3.33. The Morgan fingerprint density at radius 3 is 2.48 bits per heavy atom. The van der Waals surface area contributed by atoms with Gasteiger partial charge in [0, 0.05) is 11.6 Å². The Labute approximate surface area is 130 Å². The van der Waals surface area contributed by atoms with E-state index in [0.29, 0.717) is 16.6 Å². The van der Waals surface area contributed by atoms with Gasteiger partial charge in [0.1, 0.15) is 5.60 Å². The highest BCUT2D eigenvalue weighted by atomic mass is 79.9. The van der Waals surface area contributed by atoms with Gasteiger partial charge in [-0.3, -0.25) is 4.57 Å². The zero-order valence-corrected chi connectivity index (χ0v) is 13.4. The minimum absolute atomic E-state index is 0.405. The average molecular weight is 355 g/mol. The Hall–Kier alpha value is -2.02. The molecule has 1 N–H and O–H groups in total. The van der Waals surface area contributed by atoms with Crippen LogP contribution in [0.25, 0.3) is 10.9 Å². The number of hydrogen-bond donors (Lipinski definition) is 1. The number of halogens is 1. The molecular weight excluding hydrogens is 340 g/mol. The number of aromatic nitrogens is 1. The first-order valence-corrected chi connectivity index (χ1v) is 6.94. The number of nitrogens with zero attached hydrogens (tertiary/aromatic N) is 2. The lowest BCUT2D eigenvalue weighted by molar-refractivity contribution is 0.0614. The van der Waals surface area contributed by atoms with Gasteiger partial charge in [0.25, 0.3) is 0 Å². The van der Waals surface area contributed by atoms with Crippen LogP contribution in [0.15, 0.2) is 30.5 Å². The van der Waals surface area contributed by atoms with Crippen LogP contribution in [-0.2, 0) is 4.74 Å². The maximum absolute atomic E-state index is 12.1. The Morgan fingerprint density at radius 1 is 1.29 bits per heavy atom. The summed E-state index contributed by atoms with van der Waals surface area (Å²) in [7, 11) is 0. The van der Waals surface area contributed by atoms with Crippen LogP contribution < -0.4 is 3.93 Å². The van der Waals surface area contributed by atoms with Gasteiger partial charge in [-0.2, -0.15) is 0 Å². The van der Waals surface area contributed by atoms with Crippen LogP contribution in [0, 0.1) is 0 Å². The number of fused-ring (bicyclic) bond motifs is 1. The zero-order valence-electron chi connectivity index (χ0n) is 11.8. The summed E-state index contributed by atoms with van der Waals surface area (Å²) in [4.78, 5) is 23.3. The molecule has 112 valence electrons. The number of amides is 1. The van der Waals surface area contributed by atoms with Crippen LogP contribution in [0.2, 0.25) is 0 Å². The first-order chi connectivity index (χ1) is 9.70. The van der Waals surface area contributed by atoms with E-state index in [9.17, 15) is 14.7 Å². The van der Waals surface area contributed by atoms with E-state index < -0.39 is 17.8 Å². The highest BCUT2D eigenvalue weighted by Crippen LogP contribution is 2.32. The van der Waals surface area contributed by atoms with Crippen molar-refractivity contribution >= 4 is 44.9 Å². The fraction of sp³-hybridized carbons (Fsp3) is 0.286. The molecule has 1 aromatic carbocycles. The summed E-state index contributed by atoms with van der Waals surface area (Å²) in [6.07, 6.45) is -0.371. The number of para-hydroxylation sites is 1. The summed E-state index contributed by atoms with van der Waals surface area (Å²) in [6, 6.07) is 6.91. The van der Waals surface area contributed by atoms with E-state index in [1.807, 2.05) is 0 Å². The first-order valence-electron chi connectivity index (χ1n) is 6.23. The summed E-state index contributed by atoms with van der Waals surface area (Å²) in [5.74, 6) is 0. The largest absolute Gasteiger partial charge is 0.464 e. The third kappa shape index (κ3) is 3.18. The Morgan fingerprint density at radius 2 is 1.90 bits per heavy atom. The molecular formula is C14H15BrN2O4. The minimum atomic E-state index is -1.12. The molecule has 2 aromatic rings. The Kier molecular flexibility index (Phi) is 3.95. The van der Waals surface area contributed by atoms with Crippen LogP contribution in [-0.4, -0.2) is 27.5 Å². The molecule has 0 saturated carbocycles. The zero-order chi connectivity index (χ0) is 15.8. The quantitative estimate of drug-likeness (QED) is 0.778. The van der Waals surface area contributed by atoms with Gasteiger partial charge in [-0.25, -0.2) is 13.5 Å². The lowest BCUT2D eigenvalue weighted by atomic mass is 10.2. The van der Waals surface area contributed by atoms with Gasteiger partial charge in [0.2, 0.25) is 0 Å². The SMILES string of the molecule is CC(C)(C)OC(=O)N(Br)c1cn(C(=O)O)c2ccccc12. The van der Waals surface area contributed by atoms with E-state index in [1.165, 1.54) is 6.20 Å². The van der Waals surface area contributed by atoms with E-state index in [0.717, 1.165) is 8.49 Å². The maximum atomic E-state index is 12.1. The number of carbonyl (C=O) groups excluding carboxylic acids is 1. The third-order valence-electron chi connectivity index (χ3n) is 2.66. The van der Waals surface area contributed by atoms with Crippen molar-refractivity contribution in [2.75, 3.05) is 3.93 Å². The van der Waals surface area contributed by atoms with Crippen LogP contribution >= 0.6 is 16.1 Å². The second kappa shape index (κ2) is 5.40. The smallest absolute Gasteiger partial charge is 0.425 e. The molecule has 6 nitrogen and oxygen atoms in total. The average Bonchev–Trinajstić information content (AvgIpc) is 2.75. The number of anilines is 1. The second-order valence-electron chi connectivity index (χ2n) is 5.45. The minimum Gasteiger partial charge on any atom is -0.464 e. The van der Waals surface area contributed by atoms with Gasteiger partial charge in [-0.05, 0) is 26.8 Å². The fourth-order valence-corrected chi connectivity index (χ4v) is 2.23. The molecule has 0 aliphatic rings. The predicted octanol–water partition coefficient (Wildman–Crippen LogP) is 4.22. The molecule has 2 rings (SSSR count). The lowest BCUT2D eigenvalue weighted by Gasteiger charge is -2.22. The Bertz CT molecular complexity index is 703. The van der Waals surface area contributed by atoms with Gasteiger partial charge in [-0.1, -0.05) is 18.2 Å². The topological polar surface area (TPSA) is 71.8 Å². The molecule has 0 saturated heterocycles. The van der Waals surface area contributed by atoms with Gasteiger partial charge in [0.05, 0.1) is 27.4 Å². The molecule has 0 bridgehead atoms. The van der Waals surface area contributed by atoms with Gasteiger partial charge >= 0.3 is 12.2 Å². The highest BCUT2D eigenvalue weighted by Gasteiger charge is 2.25. The van der Waals surface area contributed by atoms with Crippen molar-refractivity contribution in [2.24, 2.45) is 0 Å². The van der Waals surface area contributed by atoms with E-state index in [-0.39, 0.29) is 0 Å². The molecule has 1 amide bonds. The predicted molar refractivity (Wildman–Crippen MR) is 83.0 cm³/mol. The van der Waals surface area contributed by atoms with E-state index >= 15 is 0 Å². The van der Waals surface area contributed by atoms with Crippen LogP contribution in [0.5, 0.6) is 0 Å². The Balaban J connectivity index is 2.47. The monoisotopic (exact) mass is 354 g/mol. The maximum Gasteiger partial charge on any atom is 0.425 e. The molecule has 1 heterocycles. The van der Waals surface area contributed by atoms with Crippen LogP contribution in [0.3, 0.4) is 0 Å². The van der Waals surface area contributed by atoms with Crippen LogP contribution in [0.1, 0.15) is 20.8 Å². The molecule has 0 spiro atoms. The van der Waals surface area contributed by atoms with Crippen molar-refractivity contribution < 1.29 is 19.4 Å². The van der Waals surface area contributed by atoms with Crippen molar-refractivity contribution in [1.29, 1.82) is 0 Å². The van der Waals surface area contributed by atoms with E-state index in [4.69, 9.17) is 4.74 Å². The molecule has 0 radical (unpaired) electrons. The normalized spacial score (nSPS) is 11.4. The van der Waals surface area contributed by atoms with Crippen molar-refractivity contribution in [3.05, 3.63) is 30.5 Å². The summed E-state index contributed by atoms with van der Waals surface area (Å²) in [6.45, 7) is 5.27. The number of benzene rings is 1. The van der Waals surface area contributed by atoms with Gasteiger partial charge in [0.15, 0.2) is 0 Å². The summed E-state index contributed by atoms with van der Waals surface area (Å²) in [5, 5.41) is 9.84. The van der Waals surface area contributed by atoms with Crippen molar-refractivity contribution in [3.63, 3.8) is 0 Å². The summed E-state index contributed by atoms with van der Waals surface area (Å²) < 4.78 is 7.44. The summed E-state index contributed by atoms with van der Waals surface area (Å²) in [5.41, 5.74) is 0.254. The van der Waals surface area contributed by atoms with Crippen molar-refractivity contribution in [2.45, 2.75) is 26.4 Å². The molecule has 0 atom stereocenters. The first kappa shape index (κ1) is 15.4. The lowest BCUT2D eigenvalue weighted by Crippen LogP contribution is -2.30. The summed E-state index contributed by atoms with van der Waals surface area (Å²) >= 11 is 3.14. The fourth-order valence-electron chi connectivity index (χ4n) is 1.88. The van der Waals surface area contributed by atoms with Crippen molar-refractivity contribution in [3.8, 4) is 0 Å². The molecule has 7 heteroatoms.